The van der Waals surface area contributed by atoms with E-state index in [1.165, 1.54) is 6.92 Å². The van der Waals surface area contributed by atoms with Crippen molar-refractivity contribution in [2.75, 3.05) is 0 Å². The van der Waals surface area contributed by atoms with Crippen LogP contribution in [0.3, 0.4) is 0 Å². The van der Waals surface area contributed by atoms with Crippen molar-refractivity contribution in [1.82, 2.24) is 4.72 Å². The summed E-state index contributed by atoms with van der Waals surface area (Å²) < 4.78 is 27.3. The maximum absolute atomic E-state index is 12.4. The number of carboxylic acid groups (broad SMARTS) is 1. The molecule has 1 aromatic rings. The summed E-state index contributed by atoms with van der Waals surface area (Å²) in [5.74, 6) is -1.22. The lowest BCUT2D eigenvalue weighted by Gasteiger charge is -2.16. The second-order valence-electron chi connectivity index (χ2n) is 5.64. The number of aromatic hydroxyl groups is 1. The molecule has 1 fully saturated rings. The Morgan fingerprint density at radius 1 is 1.43 bits per heavy atom. The van der Waals surface area contributed by atoms with Gasteiger partial charge in [0.25, 0.3) is 0 Å². The number of phenols is 1. The van der Waals surface area contributed by atoms with E-state index in [9.17, 15) is 18.3 Å². The highest BCUT2D eigenvalue weighted by Gasteiger charge is 2.27. The van der Waals surface area contributed by atoms with Gasteiger partial charge in [0.15, 0.2) is 0 Å². The maximum atomic E-state index is 12.4. The predicted octanol–water partition coefficient (Wildman–Crippen LogP) is 1.87. The Morgan fingerprint density at radius 2 is 2.05 bits per heavy atom. The van der Waals surface area contributed by atoms with Gasteiger partial charge in [-0.05, 0) is 43.9 Å². The van der Waals surface area contributed by atoms with Gasteiger partial charge in [0.05, 0.1) is 4.90 Å². The minimum Gasteiger partial charge on any atom is -0.507 e. The van der Waals surface area contributed by atoms with E-state index in [-0.39, 0.29) is 10.9 Å². The molecule has 1 unspecified atom stereocenters. The molecule has 0 spiro atoms. The first-order valence-corrected chi connectivity index (χ1v) is 8.28. The van der Waals surface area contributed by atoms with Crippen molar-refractivity contribution in [2.45, 2.75) is 44.0 Å². The molecule has 116 valence electrons. The SMILES string of the molecule is Cc1cc(O)c(C(=O)O)cc1S(=O)(=O)NC(C)CC1CC1. The Labute approximate surface area is 123 Å². The second-order valence-corrected chi connectivity index (χ2v) is 7.32. The van der Waals surface area contributed by atoms with Crippen molar-refractivity contribution in [3.8, 4) is 5.75 Å². The van der Waals surface area contributed by atoms with Crippen molar-refractivity contribution < 1.29 is 23.4 Å². The number of aryl methyl sites for hydroxylation is 1. The van der Waals surface area contributed by atoms with Crippen LogP contribution in [0, 0.1) is 12.8 Å². The number of sulfonamides is 1. The summed E-state index contributed by atoms with van der Waals surface area (Å²) in [5.41, 5.74) is -0.112. The maximum Gasteiger partial charge on any atom is 0.339 e. The van der Waals surface area contributed by atoms with Crippen LogP contribution >= 0.6 is 0 Å². The first-order valence-electron chi connectivity index (χ1n) is 6.80. The number of carbonyl (C=O) groups is 1. The van der Waals surface area contributed by atoms with Crippen molar-refractivity contribution in [1.29, 1.82) is 0 Å². The van der Waals surface area contributed by atoms with E-state index in [2.05, 4.69) is 4.72 Å². The van der Waals surface area contributed by atoms with Crippen molar-refractivity contribution >= 4 is 16.0 Å². The molecule has 1 aromatic carbocycles. The lowest BCUT2D eigenvalue weighted by molar-refractivity contribution is 0.0693. The van der Waals surface area contributed by atoms with Gasteiger partial charge in [0.2, 0.25) is 10.0 Å². The molecule has 21 heavy (non-hydrogen) atoms. The van der Waals surface area contributed by atoms with Crippen LogP contribution in [0.2, 0.25) is 0 Å². The molecule has 1 saturated carbocycles. The van der Waals surface area contributed by atoms with Gasteiger partial charge in [0.1, 0.15) is 11.3 Å². The summed E-state index contributed by atoms with van der Waals surface area (Å²) in [6.45, 7) is 3.31. The summed E-state index contributed by atoms with van der Waals surface area (Å²) in [4.78, 5) is 10.9. The van der Waals surface area contributed by atoms with Gasteiger partial charge in [-0.3, -0.25) is 0 Å². The number of nitrogens with one attached hydrogen (secondary N) is 1. The topological polar surface area (TPSA) is 104 Å². The highest BCUT2D eigenvalue weighted by Crippen LogP contribution is 2.34. The monoisotopic (exact) mass is 313 g/mol. The zero-order valence-electron chi connectivity index (χ0n) is 12.0. The Kier molecular flexibility index (Phi) is 4.25. The van der Waals surface area contributed by atoms with E-state index in [0.29, 0.717) is 11.5 Å². The number of rotatable bonds is 6. The van der Waals surface area contributed by atoms with Gasteiger partial charge in [0, 0.05) is 6.04 Å². The van der Waals surface area contributed by atoms with Crippen molar-refractivity contribution in [3.05, 3.63) is 23.3 Å². The first kappa shape index (κ1) is 15.8. The number of hydrogen-bond donors (Lipinski definition) is 3. The van der Waals surface area contributed by atoms with Gasteiger partial charge in [-0.15, -0.1) is 0 Å². The fourth-order valence-electron chi connectivity index (χ4n) is 2.36. The molecular formula is C14H19NO5S. The normalized spacial score (nSPS) is 16.7. The Bertz CT molecular complexity index is 664. The standard InChI is InChI=1S/C14H19NO5S/c1-8-5-12(16)11(14(17)18)7-13(8)21(19,20)15-9(2)6-10-3-4-10/h5,7,9-10,15-16H,3-4,6H2,1-2H3,(H,17,18). The summed E-state index contributed by atoms with van der Waals surface area (Å²) in [6, 6.07) is 1.95. The number of benzene rings is 1. The van der Waals surface area contributed by atoms with E-state index in [4.69, 9.17) is 5.11 Å². The number of hydrogen-bond acceptors (Lipinski definition) is 4. The summed E-state index contributed by atoms with van der Waals surface area (Å²) in [6.07, 6.45) is 3.04. The molecule has 0 heterocycles. The van der Waals surface area contributed by atoms with Crippen LogP contribution in [0.5, 0.6) is 5.75 Å². The smallest absolute Gasteiger partial charge is 0.339 e. The average molecular weight is 313 g/mol. The van der Waals surface area contributed by atoms with Gasteiger partial charge < -0.3 is 10.2 Å². The molecule has 0 saturated heterocycles. The molecule has 2 rings (SSSR count). The van der Waals surface area contributed by atoms with E-state index in [1.54, 1.807) is 6.92 Å². The molecule has 0 amide bonds. The molecule has 1 aliphatic rings. The van der Waals surface area contributed by atoms with E-state index in [1.807, 2.05) is 0 Å². The van der Waals surface area contributed by atoms with Crippen LogP contribution in [0.4, 0.5) is 0 Å². The molecule has 3 N–H and O–H groups in total. The number of carboxylic acids is 1. The molecule has 0 bridgehead atoms. The van der Waals surface area contributed by atoms with Crippen LogP contribution in [0.25, 0.3) is 0 Å². The largest absolute Gasteiger partial charge is 0.507 e. The lowest BCUT2D eigenvalue weighted by Crippen LogP contribution is -2.33. The fourth-order valence-corrected chi connectivity index (χ4v) is 3.87. The van der Waals surface area contributed by atoms with E-state index < -0.39 is 27.3 Å². The molecule has 0 radical (unpaired) electrons. The Balaban J connectivity index is 2.29. The Morgan fingerprint density at radius 3 is 2.57 bits per heavy atom. The zero-order chi connectivity index (χ0) is 15.8. The van der Waals surface area contributed by atoms with E-state index in [0.717, 1.165) is 31.4 Å². The van der Waals surface area contributed by atoms with Gasteiger partial charge in [-0.1, -0.05) is 12.8 Å². The van der Waals surface area contributed by atoms with Gasteiger partial charge in [-0.25, -0.2) is 17.9 Å². The van der Waals surface area contributed by atoms with Gasteiger partial charge >= 0.3 is 5.97 Å². The van der Waals surface area contributed by atoms with Crippen LogP contribution in [0.1, 0.15) is 42.1 Å². The van der Waals surface area contributed by atoms with Gasteiger partial charge in [-0.2, -0.15) is 0 Å². The molecule has 1 aliphatic carbocycles. The molecule has 6 nitrogen and oxygen atoms in total. The third-order valence-electron chi connectivity index (χ3n) is 3.55. The predicted molar refractivity (Wildman–Crippen MR) is 76.9 cm³/mol. The minimum absolute atomic E-state index is 0.111. The highest BCUT2D eigenvalue weighted by atomic mass is 32.2. The summed E-state index contributed by atoms with van der Waals surface area (Å²) in [7, 11) is -3.81. The van der Waals surface area contributed by atoms with Crippen molar-refractivity contribution in [2.24, 2.45) is 5.92 Å². The summed E-state index contributed by atoms with van der Waals surface area (Å²) in [5, 5.41) is 18.5. The summed E-state index contributed by atoms with van der Waals surface area (Å²) >= 11 is 0. The van der Waals surface area contributed by atoms with E-state index >= 15 is 0 Å². The lowest BCUT2D eigenvalue weighted by atomic mass is 10.1. The molecule has 7 heteroatoms. The second kappa shape index (κ2) is 5.65. The third kappa shape index (κ3) is 3.74. The Hall–Kier alpha value is -1.60. The van der Waals surface area contributed by atoms with Crippen LogP contribution < -0.4 is 4.72 Å². The highest BCUT2D eigenvalue weighted by molar-refractivity contribution is 7.89. The molecule has 0 aromatic heterocycles. The van der Waals surface area contributed by atoms with Crippen LogP contribution in [0.15, 0.2) is 17.0 Å². The van der Waals surface area contributed by atoms with Crippen LogP contribution in [-0.2, 0) is 10.0 Å². The first-order chi connectivity index (χ1) is 9.70. The van der Waals surface area contributed by atoms with Crippen LogP contribution in [-0.4, -0.2) is 30.6 Å². The third-order valence-corrected chi connectivity index (χ3v) is 5.28. The zero-order valence-corrected chi connectivity index (χ0v) is 12.8. The number of aromatic carboxylic acids is 1. The molecule has 0 aliphatic heterocycles. The average Bonchev–Trinajstić information content (AvgIpc) is 3.10. The molecular weight excluding hydrogens is 294 g/mol. The fraction of sp³-hybridized carbons (Fsp3) is 0.500. The quantitative estimate of drug-likeness (QED) is 0.744. The molecule has 1 atom stereocenters. The minimum atomic E-state index is -3.81. The van der Waals surface area contributed by atoms with Crippen molar-refractivity contribution in [3.63, 3.8) is 0 Å².